The summed E-state index contributed by atoms with van der Waals surface area (Å²) >= 11 is 0. The minimum Gasteiger partial charge on any atom is -0.456 e. The van der Waals surface area contributed by atoms with Crippen LogP contribution in [0.1, 0.15) is 22.6 Å². The first-order valence-electron chi connectivity index (χ1n) is 23.1. The van der Waals surface area contributed by atoms with E-state index in [4.69, 9.17) is 4.42 Å². The van der Waals surface area contributed by atoms with E-state index in [0.29, 0.717) is 0 Å². The van der Waals surface area contributed by atoms with Gasteiger partial charge in [0, 0.05) is 33.5 Å². The molecule has 1 aliphatic rings. The fraction of sp³-hybridized carbons (Fsp3) is 0.0154. The Morgan fingerprint density at radius 2 is 0.851 bits per heavy atom. The summed E-state index contributed by atoms with van der Waals surface area (Å²) in [6, 6.07) is 92.9. The lowest BCUT2D eigenvalue weighted by Crippen LogP contribution is -2.10. The maximum atomic E-state index is 6.28. The van der Waals surface area contributed by atoms with E-state index in [-0.39, 0.29) is 5.92 Å². The molecule has 0 amide bonds. The lowest BCUT2D eigenvalue weighted by molar-refractivity contribution is 0.669. The average Bonchev–Trinajstić information content (AvgIpc) is 3.94. The van der Waals surface area contributed by atoms with E-state index in [1.807, 2.05) is 12.1 Å². The Balaban J connectivity index is 0.899. The smallest absolute Gasteiger partial charge is 0.135 e. The van der Waals surface area contributed by atoms with Crippen LogP contribution in [0.4, 0.5) is 17.1 Å². The fourth-order valence-electron chi connectivity index (χ4n) is 10.5. The molecule has 0 N–H and O–H groups in total. The number of hydrogen-bond donors (Lipinski definition) is 0. The molecule has 0 bridgehead atoms. The molecule has 0 radical (unpaired) electrons. The van der Waals surface area contributed by atoms with Crippen molar-refractivity contribution in [2.45, 2.75) is 5.92 Å². The van der Waals surface area contributed by atoms with Crippen LogP contribution in [0.15, 0.2) is 259 Å². The number of furan rings is 1. The van der Waals surface area contributed by atoms with Crippen LogP contribution in [0, 0.1) is 0 Å². The summed E-state index contributed by atoms with van der Waals surface area (Å²) in [7, 11) is 0. The van der Waals surface area contributed by atoms with Crippen molar-refractivity contribution in [1.82, 2.24) is 0 Å². The van der Waals surface area contributed by atoms with Gasteiger partial charge >= 0.3 is 0 Å². The van der Waals surface area contributed by atoms with Crippen LogP contribution < -0.4 is 4.90 Å². The van der Waals surface area contributed by atoms with Gasteiger partial charge in [-0.3, -0.25) is 0 Å². The van der Waals surface area contributed by atoms with Crippen molar-refractivity contribution in [3.05, 3.63) is 271 Å². The van der Waals surface area contributed by atoms with E-state index in [1.54, 1.807) is 0 Å². The normalized spacial score (nSPS) is 12.9. The van der Waals surface area contributed by atoms with Gasteiger partial charge in [0.2, 0.25) is 0 Å². The van der Waals surface area contributed by atoms with Gasteiger partial charge in [-0.25, -0.2) is 0 Å². The Bertz CT molecular complexity index is 3760. The minimum absolute atomic E-state index is 0.109. The lowest BCUT2D eigenvalue weighted by atomic mass is 9.85. The zero-order valence-electron chi connectivity index (χ0n) is 36.7. The molecule has 11 aromatic carbocycles. The predicted octanol–water partition coefficient (Wildman–Crippen LogP) is 18.0. The summed E-state index contributed by atoms with van der Waals surface area (Å²) in [5.74, 6) is 0.109. The van der Waals surface area contributed by atoms with Crippen LogP contribution in [-0.2, 0) is 0 Å². The Labute approximate surface area is 390 Å². The molecule has 13 rings (SSSR count). The first kappa shape index (κ1) is 38.7. The molecular weight excluding hydrogens is 811 g/mol. The van der Waals surface area contributed by atoms with Gasteiger partial charge < -0.3 is 9.32 Å². The molecule has 1 aliphatic carbocycles. The quantitative estimate of drug-likeness (QED) is 0.151. The van der Waals surface area contributed by atoms with Crippen molar-refractivity contribution in [2.24, 2.45) is 0 Å². The predicted molar refractivity (Wildman–Crippen MR) is 280 cm³/mol. The van der Waals surface area contributed by atoms with Crippen LogP contribution in [0.5, 0.6) is 0 Å². The highest BCUT2D eigenvalue weighted by molar-refractivity contribution is 6.07. The lowest BCUT2D eigenvalue weighted by Gasteiger charge is -2.27. The maximum absolute atomic E-state index is 6.28. The summed E-state index contributed by atoms with van der Waals surface area (Å²) < 4.78 is 6.28. The maximum Gasteiger partial charge on any atom is 0.135 e. The Morgan fingerprint density at radius 3 is 1.64 bits per heavy atom. The molecule has 0 saturated carbocycles. The second-order valence-corrected chi connectivity index (χ2v) is 17.6. The molecule has 0 aliphatic heterocycles. The van der Waals surface area contributed by atoms with Gasteiger partial charge in [0.15, 0.2) is 0 Å². The van der Waals surface area contributed by atoms with Crippen LogP contribution in [0.3, 0.4) is 0 Å². The van der Waals surface area contributed by atoms with Crippen LogP contribution in [-0.4, -0.2) is 0 Å². The van der Waals surface area contributed by atoms with E-state index in [0.717, 1.165) is 44.6 Å². The number of hydrogen-bond acceptors (Lipinski definition) is 2. The van der Waals surface area contributed by atoms with Crippen molar-refractivity contribution in [2.75, 3.05) is 4.90 Å². The van der Waals surface area contributed by atoms with Crippen molar-refractivity contribution >= 4 is 49.8 Å². The highest BCUT2D eigenvalue weighted by Crippen LogP contribution is 2.50. The highest BCUT2D eigenvalue weighted by Gasteiger charge is 2.31. The first-order valence-corrected chi connectivity index (χ1v) is 23.1. The molecular formula is C65H43NO. The number of para-hydroxylation sites is 1. The topological polar surface area (TPSA) is 16.4 Å². The molecule has 0 fully saturated rings. The van der Waals surface area contributed by atoms with Gasteiger partial charge in [0.1, 0.15) is 11.2 Å². The summed E-state index contributed by atoms with van der Waals surface area (Å²) in [5.41, 5.74) is 21.2. The first-order chi connectivity index (χ1) is 33.2. The van der Waals surface area contributed by atoms with Gasteiger partial charge in [-0.2, -0.15) is 0 Å². The Morgan fingerprint density at radius 1 is 0.299 bits per heavy atom. The molecule has 1 aromatic heterocycles. The van der Waals surface area contributed by atoms with Crippen molar-refractivity contribution in [3.8, 4) is 55.6 Å². The van der Waals surface area contributed by atoms with Crippen molar-refractivity contribution in [3.63, 3.8) is 0 Å². The molecule has 1 heterocycles. The largest absolute Gasteiger partial charge is 0.456 e. The van der Waals surface area contributed by atoms with E-state index < -0.39 is 0 Å². The number of benzene rings is 11. The average molecular weight is 854 g/mol. The Kier molecular flexibility index (Phi) is 9.28. The number of rotatable bonds is 8. The number of nitrogens with zero attached hydrogens (tertiary/aromatic N) is 1. The van der Waals surface area contributed by atoms with E-state index >= 15 is 0 Å². The van der Waals surface area contributed by atoms with Gasteiger partial charge in [-0.1, -0.05) is 194 Å². The molecule has 0 spiro atoms. The standard InChI is InChI=1S/C65H43NO/c1-3-16-43(17-4-1)50-37-51(44-18-5-2-6-19-44)39-52(38-50)65-58-29-10-9-27-56(58)60-41-49(32-34-59(60)65)47-23-13-22-46(36-47)48-24-14-25-53(40-48)66(62-30-15-21-45-20-7-8-26-55(45)62)54-33-35-64-61(42-54)57-28-11-12-31-63(57)67-64/h1-42,65H. The number of fused-ring (bicyclic) bond motifs is 7. The van der Waals surface area contributed by atoms with Crippen LogP contribution >= 0.6 is 0 Å². The van der Waals surface area contributed by atoms with Gasteiger partial charge in [-0.15, -0.1) is 0 Å². The van der Waals surface area contributed by atoms with E-state index in [2.05, 4.69) is 248 Å². The molecule has 2 nitrogen and oxygen atoms in total. The third-order valence-corrected chi connectivity index (χ3v) is 13.7. The molecule has 0 saturated heterocycles. The second-order valence-electron chi connectivity index (χ2n) is 17.6. The summed E-state index contributed by atoms with van der Waals surface area (Å²) in [4.78, 5) is 2.39. The van der Waals surface area contributed by atoms with Gasteiger partial charge in [0.25, 0.3) is 0 Å². The molecule has 12 aromatic rings. The van der Waals surface area contributed by atoms with Crippen LogP contribution in [0.2, 0.25) is 0 Å². The number of anilines is 3. The zero-order chi connectivity index (χ0) is 44.3. The molecule has 67 heavy (non-hydrogen) atoms. The van der Waals surface area contributed by atoms with Crippen molar-refractivity contribution < 1.29 is 4.42 Å². The SMILES string of the molecule is c1ccc(-c2cc(-c3ccccc3)cc(C3c4ccccc4-c4cc(-c5cccc(-c6cccc(N(c7ccc8oc9ccccc9c8c7)c7cccc8ccccc78)c6)c5)ccc43)c2)cc1. The van der Waals surface area contributed by atoms with Gasteiger partial charge in [-0.05, 0) is 138 Å². The third kappa shape index (κ3) is 6.81. The summed E-state index contributed by atoms with van der Waals surface area (Å²) in [6.45, 7) is 0. The monoisotopic (exact) mass is 853 g/mol. The Hall–Kier alpha value is -8.72. The zero-order valence-corrected chi connectivity index (χ0v) is 36.7. The van der Waals surface area contributed by atoms with Crippen molar-refractivity contribution in [1.29, 1.82) is 0 Å². The fourth-order valence-corrected chi connectivity index (χ4v) is 10.5. The highest BCUT2D eigenvalue weighted by atomic mass is 16.3. The third-order valence-electron chi connectivity index (χ3n) is 13.7. The molecule has 2 heteroatoms. The van der Waals surface area contributed by atoms with E-state index in [9.17, 15) is 0 Å². The second kappa shape index (κ2) is 16.1. The minimum atomic E-state index is 0.109. The van der Waals surface area contributed by atoms with E-state index in [1.165, 1.54) is 77.5 Å². The summed E-state index contributed by atoms with van der Waals surface area (Å²) in [5, 5.41) is 4.60. The molecule has 314 valence electrons. The molecule has 1 unspecified atom stereocenters. The van der Waals surface area contributed by atoms with Crippen LogP contribution in [0.25, 0.3) is 88.3 Å². The van der Waals surface area contributed by atoms with Gasteiger partial charge in [0.05, 0.1) is 5.69 Å². The molecule has 1 atom stereocenters. The summed E-state index contributed by atoms with van der Waals surface area (Å²) in [6.07, 6.45) is 0.